The van der Waals surface area contributed by atoms with E-state index in [2.05, 4.69) is 24.7 Å². The van der Waals surface area contributed by atoms with E-state index in [9.17, 15) is 14.4 Å². The molecule has 0 aliphatic rings. The first-order chi connectivity index (χ1) is 12.3. The van der Waals surface area contributed by atoms with Crippen LogP contribution in [0.25, 0.3) is 0 Å². The standard InChI is InChI=1S/C20H36NO4P/c1-5-7-8-9-10-11-12-13-14-15-17-19(16-6-2)20(18-21(3)4)25-26(22,23)24/h1,6,14-15,19-20H,2,7-13,16-18H2,3-4H3,(H2,22,23,24)/b15-14+. The minimum Gasteiger partial charge on any atom is -0.307 e. The highest BCUT2D eigenvalue weighted by molar-refractivity contribution is 7.46. The van der Waals surface area contributed by atoms with Crippen LogP contribution in [0.15, 0.2) is 24.8 Å². The Morgan fingerprint density at radius 3 is 2.38 bits per heavy atom. The van der Waals surface area contributed by atoms with Crippen molar-refractivity contribution in [1.82, 2.24) is 4.90 Å². The van der Waals surface area contributed by atoms with E-state index in [1.54, 1.807) is 6.08 Å². The number of unbranched alkanes of at least 4 members (excludes halogenated alkanes) is 6. The van der Waals surface area contributed by atoms with Gasteiger partial charge in [0, 0.05) is 13.0 Å². The molecule has 0 amide bonds. The molecule has 0 aliphatic heterocycles. The van der Waals surface area contributed by atoms with E-state index in [0.717, 1.165) is 25.7 Å². The largest absolute Gasteiger partial charge is 0.469 e. The van der Waals surface area contributed by atoms with E-state index in [1.807, 2.05) is 19.0 Å². The van der Waals surface area contributed by atoms with E-state index in [4.69, 9.17) is 10.9 Å². The molecule has 0 aromatic rings. The molecular formula is C20H36NO4P. The van der Waals surface area contributed by atoms with E-state index in [1.165, 1.54) is 19.3 Å². The molecule has 0 bridgehead atoms. The fourth-order valence-electron chi connectivity index (χ4n) is 2.83. The lowest BCUT2D eigenvalue weighted by Gasteiger charge is -2.28. The Labute approximate surface area is 159 Å². The molecule has 2 atom stereocenters. The van der Waals surface area contributed by atoms with Crippen LogP contribution in [0.5, 0.6) is 0 Å². The number of phosphoric ester groups is 1. The smallest absolute Gasteiger partial charge is 0.307 e. The van der Waals surface area contributed by atoms with Crippen LogP contribution in [0.3, 0.4) is 0 Å². The van der Waals surface area contributed by atoms with E-state index in [-0.39, 0.29) is 5.92 Å². The van der Waals surface area contributed by atoms with Gasteiger partial charge >= 0.3 is 7.82 Å². The first-order valence-corrected chi connectivity index (χ1v) is 10.9. The molecule has 2 unspecified atom stereocenters. The van der Waals surface area contributed by atoms with Crippen LogP contribution in [-0.2, 0) is 9.09 Å². The molecule has 0 heterocycles. The Kier molecular flexibility index (Phi) is 14.7. The van der Waals surface area contributed by atoms with Gasteiger partial charge in [-0.05, 0) is 52.1 Å². The topological polar surface area (TPSA) is 70.0 Å². The van der Waals surface area contributed by atoms with Gasteiger partial charge in [-0.2, -0.15) is 0 Å². The highest BCUT2D eigenvalue weighted by Gasteiger charge is 2.28. The summed E-state index contributed by atoms with van der Waals surface area (Å²) in [7, 11) is -0.796. The first-order valence-electron chi connectivity index (χ1n) is 9.38. The zero-order valence-electron chi connectivity index (χ0n) is 16.3. The van der Waals surface area contributed by atoms with Gasteiger partial charge in [0.05, 0.1) is 6.10 Å². The molecule has 5 nitrogen and oxygen atoms in total. The summed E-state index contributed by atoms with van der Waals surface area (Å²) < 4.78 is 16.3. The van der Waals surface area contributed by atoms with Crippen molar-refractivity contribution >= 4 is 7.82 Å². The molecule has 26 heavy (non-hydrogen) atoms. The summed E-state index contributed by atoms with van der Waals surface area (Å²) in [5, 5.41) is 0. The molecule has 0 aromatic heterocycles. The van der Waals surface area contributed by atoms with Crippen molar-refractivity contribution in [1.29, 1.82) is 0 Å². The van der Waals surface area contributed by atoms with E-state index < -0.39 is 13.9 Å². The van der Waals surface area contributed by atoms with Crippen LogP contribution < -0.4 is 0 Å². The summed E-state index contributed by atoms with van der Waals surface area (Å²) >= 11 is 0. The Hall–Kier alpha value is -0.890. The highest BCUT2D eigenvalue weighted by Crippen LogP contribution is 2.40. The van der Waals surface area contributed by atoms with Crippen LogP contribution in [0.4, 0.5) is 0 Å². The average molecular weight is 385 g/mol. The van der Waals surface area contributed by atoms with Gasteiger partial charge < -0.3 is 14.7 Å². The van der Waals surface area contributed by atoms with Gasteiger partial charge in [0.2, 0.25) is 0 Å². The van der Waals surface area contributed by atoms with Gasteiger partial charge in [0.1, 0.15) is 0 Å². The van der Waals surface area contributed by atoms with Gasteiger partial charge in [-0.25, -0.2) is 4.57 Å². The zero-order valence-corrected chi connectivity index (χ0v) is 17.2. The molecule has 0 spiro atoms. The van der Waals surface area contributed by atoms with Gasteiger partial charge in [0.15, 0.2) is 0 Å². The van der Waals surface area contributed by atoms with Crippen molar-refractivity contribution in [3.63, 3.8) is 0 Å². The van der Waals surface area contributed by atoms with Gasteiger partial charge in [-0.3, -0.25) is 4.52 Å². The molecule has 0 saturated heterocycles. The monoisotopic (exact) mass is 385 g/mol. The highest BCUT2D eigenvalue weighted by atomic mass is 31.2. The van der Waals surface area contributed by atoms with Crippen molar-refractivity contribution < 1.29 is 18.9 Å². The van der Waals surface area contributed by atoms with Crippen LogP contribution in [0.1, 0.15) is 57.8 Å². The van der Waals surface area contributed by atoms with Crippen LogP contribution in [-0.4, -0.2) is 41.4 Å². The minimum atomic E-state index is -4.52. The second-order valence-electron chi connectivity index (χ2n) is 6.90. The lowest BCUT2D eigenvalue weighted by Crippen LogP contribution is -2.34. The fourth-order valence-corrected chi connectivity index (χ4v) is 3.42. The molecule has 0 rings (SSSR count). The maximum Gasteiger partial charge on any atom is 0.469 e. The molecule has 2 N–H and O–H groups in total. The lowest BCUT2D eigenvalue weighted by molar-refractivity contribution is 0.0685. The quantitative estimate of drug-likeness (QED) is 0.177. The molecule has 150 valence electrons. The SMILES string of the molecule is C#CCCCCCCC/C=C/CC(CC=C)C(CN(C)C)OP(=O)(O)O. The molecular weight excluding hydrogens is 349 g/mol. The number of hydrogen-bond acceptors (Lipinski definition) is 3. The summed E-state index contributed by atoms with van der Waals surface area (Å²) in [6.45, 7) is 4.21. The van der Waals surface area contributed by atoms with Crippen LogP contribution in [0, 0.1) is 18.3 Å². The predicted octanol–water partition coefficient (Wildman–Crippen LogP) is 4.53. The Morgan fingerprint density at radius 1 is 1.15 bits per heavy atom. The number of phosphoric acid groups is 1. The Morgan fingerprint density at radius 2 is 1.81 bits per heavy atom. The summed E-state index contributed by atoms with van der Waals surface area (Å²) in [4.78, 5) is 20.2. The third-order valence-corrected chi connectivity index (χ3v) is 4.66. The lowest BCUT2D eigenvalue weighted by atomic mass is 9.94. The van der Waals surface area contributed by atoms with Gasteiger partial charge in [-0.15, -0.1) is 18.9 Å². The van der Waals surface area contributed by atoms with E-state index >= 15 is 0 Å². The van der Waals surface area contributed by atoms with Crippen molar-refractivity contribution in [2.75, 3.05) is 20.6 Å². The number of nitrogens with zero attached hydrogens (tertiary/aromatic N) is 1. The average Bonchev–Trinajstić information content (AvgIpc) is 2.53. The van der Waals surface area contributed by atoms with Gasteiger partial charge in [-0.1, -0.05) is 37.5 Å². The second kappa shape index (κ2) is 15.2. The number of terminal acetylenes is 1. The summed E-state index contributed by atoms with van der Waals surface area (Å²) in [6, 6.07) is 0. The third kappa shape index (κ3) is 15.4. The number of allylic oxidation sites excluding steroid dienone is 3. The summed E-state index contributed by atoms with van der Waals surface area (Å²) in [6.07, 6.45) is 19.9. The molecule has 0 radical (unpaired) electrons. The van der Waals surface area contributed by atoms with Crippen LogP contribution >= 0.6 is 7.82 Å². The zero-order chi connectivity index (χ0) is 19.8. The molecule has 6 heteroatoms. The fraction of sp³-hybridized carbons (Fsp3) is 0.700. The Bertz CT molecular complexity index is 479. The maximum absolute atomic E-state index is 11.3. The number of hydrogen-bond donors (Lipinski definition) is 2. The van der Waals surface area contributed by atoms with Crippen molar-refractivity contribution in [2.45, 2.75) is 63.9 Å². The minimum absolute atomic E-state index is 0.0115. The van der Waals surface area contributed by atoms with Crippen LogP contribution in [0.2, 0.25) is 0 Å². The molecule has 0 aromatic carbocycles. The van der Waals surface area contributed by atoms with Crippen molar-refractivity contribution in [2.24, 2.45) is 5.92 Å². The molecule has 0 fully saturated rings. The Balaban J connectivity index is 4.34. The van der Waals surface area contributed by atoms with Gasteiger partial charge in [0.25, 0.3) is 0 Å². The van der Waals surface area contributed by atoms with Crippen molar-refractivity contribution in [3.05, 3.63) is 24.8 Å². The first kappa shape index (κ1) is 25.1. The second-order valence-corrected chi connectivity index (χ2v) is 8.09. The normalized spacial score (nSPS) is 14.5. The maximum atomic E-state index is 11.3. The summed E-state index contributed by atoms with van der Waals surface area (Å²) in [5.74, 6) is 2.65. The van der Waals surface area contributed by atoms with E-state index in [0.29, 0.717) is 19.4 Å². The third-order valence-electron chi connectivity index (χ3n) is 4.11. The predicted molar refractivity (Wildman–Crippen MR) is 109 cm³/mol. The number of rotatable bonds is 16. The van der Waals surface area contributed by atoms with Crippen molar-refractivity contribution in [3.8, 4) is 12.3 Å². The number of likely N-dealkylation sites (N-methyl/N-ethyl adjacent to an activating group) is 1. The molecule has 0 aliphatic carbocycles. The molecule has 0 saturated carbocycles. The summed E-state index contributed by atoms with van der Waals surface area (Å²) in [5.41, 5.74) is 0.